The van der Waals surface area contributed by atoms with Gasteiger partial charge < -0.3 is 10.6 Å². The average Bonchev–Trinajstić information content (AvgIpc) is 2.86. The van der Waals surface area contributed by atoms with Gasteiger partial charge in [0.1, 0.15) is 6.04 Å². The lowest BCUT2D eigenvalue weighted by molar-refractivity contribution is -0.136. The molecule has 1 aromatic carbocycles. The highest BCUT2D eigenvalue weighted by atomic mass is 16.2. The molecule has 2 saturated heterocycles. The molecule has 0 aliphatic carbocycles. The van der Waals surface area contributed by atoms with Crippen LogP contribution < -0.4 is 16.0 Å². The standard InChI is InChI=1S/C19H20N4O4/c1-2-19(9-20-10-19)21-8-11-3-4-12-13(7-11)18(27)23(17(12)26)14-5-6-15(24)22-16(14)25/h2-4,7,14,20-21H,1,5-6,8-10H2,(H,22,24,25). The van der Waals surface area contributed by atoms with Gasteiger partial charge in [-0.15, -0.1) is 6.58 Å². The zero-order chi connectivity index (χ0) is 19.2. The largest absolute Gasteiger partial charge is 0.312 e. The Morgan fingerprint density at radius 3 is 2.56 bits per heavy atom. The van der Waals surface area contributed by atoms with Gasteiger partial charge in [-0.2, -0.15) is 0 Å². The Bertz CT molecular complexity index is 874. The molecule has 8 nitrogen and oxygen atoms in total. The van der Waals surface area contributed by atoms with E-state index in [1.165, 1.54) is 0 Å². The van der Waals surface area contributed by atoms with E-state index in [0.29, 0.717) is 12.1 Å². The minimum atomic E-state index is -0.943. The van der Waals surface area contributed by atoms with Crippen molar-refractivity contribution in [1.82, 2.24) is 20.9 Å². The fraction of sp³-hybridized carbons (Fsp3) is 0.368. The molecule has 0 spiro atoms. The summed E-state index contributed by atoms with van der Waals surface area (Å²) in [5.74, 6) is -1.97. The maximum absolute atomic E-state index is 12.8. The second kappa shape index (κ2) is 6.40. The van der Waals surface area contributed by atoms with Crippen LogP contribution in [0.4, 0.5) is 0 Å². The zero-order valence-electron chi connectivity index (χ0n) is 14.7. The van der Waals surface area contributed by atoms with Gasteiger partial charge in [0.15, 0.2) is 0 Å². The smallest absolute Gasteiger partial charge is 0.262 e. The van der Waals surface area contributed by atoms with Crippen LogP contribution in [0.15, 0.2) is 30.9 Å². The average molecular weight is 368 g/mol. The number of benzene rings is 1. The van der Waals surface area contributed by atoms with Crippen LogP contribution in [0.5, 0.6) is 0 Å². The van der Waals surface area contributed by atoms with Crippen LogP contribution in [0.1, 0.15) is 39.1 Å². The molecule has 0 bridgehead atoms. The number of fused-ring (bicyclic) bond motifs is 1. The van der Waals surface area contributed by atoms with Crippen LogP contribution in [0.3, 0.4) is 0 Å². The first-order valence-electron chi connectivity index (χ1n) is 8.88. The number of imide groups is 2. The van der Waals surface area contributed by atoms with E-state index < -0.39 is 23.8 Å². The number of piperidine rings is 1. The van der Waals surface area contributed by atoms with Crippen molar-refractivity contribution >= 4 is 23.6 Å². The molecule has 140 valence electrons. The van der Waals surface area contributed by atoms with Crippen molar-refractivity contribution in [1.29, 1.82) is 0 Å². The highest BCUT2D eigenvalue weighted by Gasteiger charge is 2.44. The van der Waals surface area contributed by atoms with E-state index in [-0.39, 0.29) is 29.9 Å². The van der Waals surface area contributed by atoms with E-state index in [1.54, 1.807) is 18.2 Å². The normalized spacial score (nSPS) is 23.7. The first kappa shape index (κ1) is 17.6. The molecule has 0 saturated carbocycles. The van der Waals surface area contributed by atoms with Gasteiger partial charge in [0, 0.05) is 26.1 Å². The highest BCUT2D eigenvalue weighted by Crippen LogP contribution is 2.28. The molecule has 3 N–H and O–H groups in total. The van der Waals surface area contributed by atoms with Crippen molar-refractivity contribution in [2.24, 2.45) is 0 Å². The molecule has 4 rings (SSSR count). The van der Waals surface area contributed by atoms with Crippen molar-refractivity contribution in [2.45, 2.75) is 31.0 Å². The third kappa shape index (κ3) is 2.87. The van der Waals surface area contributed by atoms with E-state index >= 15 is 0 Å². The monoisotopic (exact) mass is 368 g/mol. The second-order valence-electron chi connectivity index (χ2n) is 7.14. The topological polar surface area (TPSA) is 108 Å². The first-order chi connectivity index (χ1) is 12.9. The zero-order valence-corrected chi connectivity index (χ0v) is 14.7. The first-order valence-corrected chi connectivity index (χ1v) is 8.88. The lowest BCUT2D eigenvalue weighted by Crippen LogP contribution is -2.66. The van der Waals surface area contributed by atoms with Crippen molar-refractivity contribution in [3.8, 4) is 0 Å². The molecule has 1 atom stereocenters. The molecular formula is C19H20N4O4. The summed E-state index contributed by atoms with van der Waals surface area (Å²) in [6.07, 6.45) is 2.13. The summed E-state index contributed by atoms with van der Waals surface area (Å²) in [5, 5.41) is 8.79. The Morgan fingerprint density at radius 2 is 1.93 bits per heavy atom. The third-order valence-corrected chi connectivity index (χ3v) is 5.42. The Kier molecular flexibility index (Phi) is 4.16. The molecule has 3 aliphatic rings. The molecule has 3 aliphatic heterocycles. The number of amides is 4. The Labute approximate surface area is 156 Å². The summed E-state index contributed by atoms with van der Waals surface area (Å²) in [4.78, 5) is 49.9. The van der Waals surface area contributed by atoms with Gasteiger partial charge in [-0.1, -0.05) is 12.1 Å². The highest BCUT2D eigenvalue weighted by molar-refractivity contribution is 6.23. The van der Waals surface area contributed by atoms with Crippen LogP contribution in [-0.4, -0.2) is 53.2 Å². The van der Waals surface area contributed by atoms with Gasteiger partial charge in [-0.05, 0) is 24.1 Å². The minimum absolute atomic E-state index is 0.108. The predicted molar refractivity (Wildman–Crippen MR) is 95.8 cm³/mol. The fourth-order valence-electron chi connectivity index (χ4n) is 3.64. The molecule has 8 heteroatoms. The van der Waals surface area contributed by atoms with Crippen molar-refractivity contribution < 1.29 is 19.2 Å². The molecule has 1 aromatic rings. The van der Waals surface area contributed by atoms with Gasteiger partial charge in [0.05, 0.1) is 16.7 Å². The molecule has 4 amide bonds. The van der Waals surface area contributed by atoms with E-state index in [4.69, 9.17) is 0 Å². The van der Waals surface area contributed by atoms with Crippen LogP contribution >= 0.6 is 0 Å². The number of nitrogens with zero attached hydrogens (tertiary/aromatic N) is 1. The number of hydrogen-bond acceptors (Lipinski definition) is 6. The molecule has 1 unspecified atom stereocenters. The lowest BCUT2D eigenvalue weighted by atomic mass is 9.92. The van der Waals surface area contributed by atoms with Gasteiger partial charge in [-0.3, -0.25) is 29.4 Å². The number of nitrogens with one attached hydrogen (secondary N) is 3. The fourth-order valence-corrected chi connectivity index (χ4v) is 3.64. The molecule has 3 heterocycles. The molecule has 2 fully saturated rings. The van der Waals surface area contributed by atoms with Crippen molar-refractivity contribution in [3.05, 3.63) is 47.5 Å². The Hall–Kier alpha value is -2.84. The summed E-state index contributed by atoms with van der Waals surface area (Å²) in [6, 6.07) is 4.17. The van der Waals surface area contributed by atoms with E-state index in [1.807, 2.05) is 6.08 Å². The second-order valence-corrected chi connectivity index (χ2v) is 7.14. The van der Waals surface area contributed by atoms with Crippen LogP contribution in [-0.2, 0) is 16.1 Å². The number of carbonyl (C=O) groups is 4. The van der Waals surface area contributed by atoms with Crippen molar-refractivity contribution in [3.63, 3.8) is 0 Å². The van der Waals surface area contributed by atoms with E-state index in [2.05, 4.69) is 22.5 Å². The maximum Gasteiger partial charge on any atom is 0.262 e. The number of rotatable bonds is 5. The van der Waals surface area contributed by atoms with Crippen molar-refractivity contribution in [2.75, 3.05) is 13.1 Å². The van der Waals surface area contributed by atoms with Crippen LogP contribution in [0.25, 0.3) is 0 Å². The van der Waals surface area contributed by atoms with Gasteiger partial charge in [-0.25, -0.2) is 0 Å². The Morgan fingerprint density at radius 1 is 1.19 bits per heavy atom. The third-order valence-electron chi connectivity index (χ3n) is 5.42. The summed E-state index contributed by atoms with van der Waals surface area (Å²) in [5.41, 5.74) is 1.30. The van der Waals surface area contributed by atoms with Gasteiger partial charge >= 0.3 is 0 Å². The maximum atomic E-state index is 12.8. The summed E-state index contributed by atoms with van der Waals surface area (Å²) < 4.78 is 0. The SMILES string of the molecule is C=CC1(NCc2ccc3c(c2)C(=O)N(C2CCC(=O)NC2=O)C3=O)CNC1. The van der Waals surface area contributed by atoms with E-state index in [9.17, 15) is 19.2 Å². The van der Waals surface area contributed by atoms with E-state index in [0.717, 1.165) is 23.6 Å². The number of carbonyl (C=O) groups excluding carboxylic acids is 4. The quantitative estimate of drug-likeness (QED) is 0.487. The minimum Gasteiger partial charge on any atom is -0.312 e. The van der Waals surface area contributed by atoms with Crippen LogP contribution in [0.2, 0.25) is 0 Å². The molecule has 27 heavy (non-hydrogen) atoms. The van der Waals surface area contributed by atoms with Gasteiger partial charge in [0.25, 0.3) is 11.8 Å². The summed E-state index contributed by atoms with van der Waals surface area (Å²) in [6.45, 7) is 5.97. The summed E-state index contributed by atoms with van der Waals surface area (Å²) >= 11 is 0. The van der Waals surface area contributed by atoms with Crippen LogP contribution in [0, 0.1) is 0 Å². The molecule has 0 radical (unpaired) electrons. The lowest BCUT2D eigenvalue weighted by Gasteiger charge is -2.41. The predicted octanol–water partition coefficient (Wildman–Crippen LogP) is -0.295. The summed E-state index contributed by atoms with van der Waals surface area (Å²) in [7, 11) is 0. The molecule has 0 aromatic heterocycles. The Balaban J connectivity index is 1.54. The molecular weight excluding hydrogens is 348 g/mol. The number of hydrogen-bond donors (Lipinski definition) is 3. The van der Waals surface area contributed by atoms with Gasteiger partial charge in [0.2, 0.25) is 11.8 Å².